The molecule has 2 heterocycles. The van der Waals surface area contributed by atoms with Gasteiger partial charge in [-0.25, -0.2) is 4.98 Å². The average molecular weight is 305 g/mol. The van der Waals surface area contributed by atoms with Gasteiger partial charge >= 0.3 is 0 Å². The van der Waals surface area contributed by atoms with Crippen LogP contribution in [0.1, 0.15) is 11.9 Å². The van der Waals surface area contributed by atoms with E-state index in [9.17, 15) is 5.21 Å². The molecule has 0 unspecified atom stereocenters. The summed E-state index contributed by atoms with van der Waals surface area (Å²) in [4.78, 5) is 4.65. The van der Waals surface area contributed by atoms with Crippen LogP contribution in [-0.2, 0) is 0 Å². The van der Waals surface area contributed by atoms with E-state index in [1.807, 2.05) is 42.6 Å². The highest BCUT2D eigenvalue weighted by molar-refractivity contribution is 7.11. The van der Waals surface area contributed by atoms with Gasteiger partial charge in [0.1, 0.15) is 5.01 Å². The van der Waals surface area contributed by atoms with Crippen molar-refractivity contribution in [3.63, 3.8) is 0 Å². The molecule has 1 aromatic carbocycles. The third kappa shape index (κ3) is 2.63. The molecule has 1 N–H and O–H groups in total. The third-order valence-corrected chi connectivity index (χ3v) is 4.29. The number of nitrogens with zero attached hydrogens (tertiary/aromatic N) is 2. The molecule has 0 radical (unpaired) electrons. The van der Waals surface area contributed by atoms with Gasteiger partial charge in [0.2, 0.25) is 0 Å². The molecule has 0 bridgehead atoms. The minimum Gasteiger partial charge on any atom is -0.289 e. The van der Waals surface area contributed by atoms with E-state index < -0.39 is 0 Å². The molecule has 0 atom stereocenters. The zero-order valence-corrected chi connectivity index (χ0v) is 12.4. The van der Waals surface area contributed by atoms with E-state index in [4.69, 9.17) is 11.6 Å². The van der Waals surface area contributed by atoms with Crippen molar-refractivity contribution >= 4 is 28.5 Å². The Labute approximate surface area is 126 Å². The molecule has 1 aliphatic heterocycles. The first kappa shape index (κ1) is 13.4. The molecule has 1 aromatic heterocycles. The van der Waals surface area contributed by atoms with Gasteiger partial charge in [-0.2, -0.15) is 0 Å². The second-order valence-electron chi connectivity index (χ2n) is 4.60. The first-order chi connectivity index (χ1) is 9.63. The second kappa shape index (κ2) is 5.40. The lowest BCUT2D eigenvalue weighted by atomic mass is 10.1. The van der Waals surface area contributed by atoms with E-state index in [2.05, 4.69) is 4.98 Å². The number of halogens is 1. The third-order valence-electron chi connectivity index (χ3n) is 3.16. The summed E-state index contributed by atoms with van der Waals surface area (Å²) < 4.78 is 0. The molecule has 3 rings (SSSR count). The SMILES string of the molecule is CC1=CCN(O)C=C1c1nc(-c2ccc(Cl)cc2)cs1. The fraction of sp³-hybridized carbons (Fsp3) is 0.133. The summed E-state index contributed by atoms with van der Waals surface area (Å²) in [5.74, 6) is 0. The van der Waals surface area contributed by atoms with Crippen molar-refractivity contribution in [3.05, 3.63) is 57.5 Å². The van der Waals surface area contributed by atoms with Gasteiger partial charge in [-0.05, 0) is 24.6 Å². The summed E-state index contributed by atoms with van der Waals surface area (Å²) in [5, 5.41) is 14.4. The fourth-order valence-corrected chi connectivity index (χ4v) is 3.05. The largest absolute Gasteiger partial charge is 0.289 e. The molecule has 2 aromatic rings. The maximum atomic E-state index is 9.59. The van der Waals surface area contributed by atoms with Gasteiger partial charge in [0, 0.05) is 27.7 Å². The number of hydrogen-bond donors (Lipinski definition) is 1. The molecule has 102 valence electrons. The van der Waals surface area contributed by atoms with Gasteiger partial charge in [-0.1, -0.05) is 29.8 Å². The van der Waals surface area contributed by atoms with Crippen molar-refractivity contribution in [2.24, 2.45) is 0 Å². The Balaban J connectivity index is 1.94. The summed E-state index contributed by atoms with van der Waals surface area (Å²) in [6.07, 6.45) is 3.71. The average Bonchev–Trinajstić information content (AvgIpc) is 2.92. The smallest absolute Gasteiger partial charge is 0.125 e. The number of allylic oxidation sites excluding steroid dienone is 2. The van der Waals surface area contributed by atoms with Crippen LogP contribution in [0.5, 0.6) is 0 Å². The number of hydrogen-bond acceptors (Lipinski definition) is 4. The monoisotopic (exact) mass is 304 g/mol. The Kier molecular flexibility index (Phi) is 3.61. The van der Waals surface area contributed by atoms with Gasteiger partial charge in [0.15, 0.2) is 0 Å². The molecule has 0 fully saturated rings. The molecule has 0 spiro atoms. The highest BCUT2D eigenvalue weighted by Crippen LogP contribution is 2.31. The van der Waals surface area contributed by atoms with Crippen LogP contribution >= 0.6 is 22.9 Å². The Morgan fingerprint density at radius 3 is 2.80 bits per heavy atom. The quantitative estimate of drug-likeness (QED) is 0.890. The molecular formula is C15H13ClN2OS. The lowest BCUT2D eigenvalue weighted by Crippen LogP contribution is -2.16. The summed E-state index contributed by atoms with van der Waals surface area (Å²) in [7, 11) is 0. The van der Waals surface area contributed by atoms with Crippen LogP contribution in [0.15, 0.2) is 47.5 Å². The number of hydroxylamine groups is 2. The number of aromatic nitrogens is 1. The predicted octanol–water partition coefficient (Wildman–Crippen LogP) is 4.46. The zero-order valence-electron chi connectivity index (χ0n) is 10.9. The van der Waals surface area contributed by atoms with E-state index in [-0.39, 0.29) is 0 Å². The van der Waals surface area contributed by atoms with Crippen molar-refractivity contribution in [3.8, 4) is 11.3 Å². The number of benzene rings is 1. The lowest BCUT2D eigenvalue weighted by molar-refractivity contribution is -0.0297. The van der Waals surface area contributed by atoms with E-state index >= 15 is 0 Å². The Morgan fingerprint density at radius 2 is 2.05 bits per heavy atom. The molecule has 0 amide bonds. The Bertz CT molecular complexity index is 688. The first-order valence-corrected chi connectivity index (χ1v) is 7.45. The lowest BCUT2D eigenvalue weighted by Gasteiger charge is -2.18. The molecule has 0 saturated heterocycles. The van der Waals surface area contributed by atoms with Crippen LogP contribution in [0.4, 0.5) is 0 Å². The Hall–Kier alpha value is -1.62. The summed E-state index contributed by atoms with van der Waals surface area (Å²) >= 11 is 7.46. The zero-order chi connectivity index (χ0) is 14.1. The topological polar surface area (TPSA) is 36.4 Å². The second-order valence-corrected chi connectivity index (χ2v) is 5.89. The fourth-order valence-electron chi connectivity index (χ4n) is 2.02. The van der Waals surface area contributed by atoms with Crippen molar-refractivity contribution in [2.75, 3.05) is 6.54 Å². The minimum atomic E-state index is 0.519. The standard InChI is InChI=1S/C15H13ClN2OS/c1-10-6-7-18(19)8-13(10)15-17-14(9-20-15)11-2-4-12(16)5-3-11/h2-6,8-9,19H,7H2,1H3. The Morgan fingerprint density at radius 1 is 1.30 bits per heavy atom. The van der Waals surface area contributed by atoms with Gasteiger partial charge in [-0.3, -0.25) is 10.3 Å². The van der Waals surface area contributed by atoms with Crippen molar-refractivity contribution in [2.45, 2.75) is 6.92 Å². The molecular weight excluding hydrogens is 292 g/mol. The van der Waals surface area contributed by atoms with Crippen LogP contribution in [0, 0.1) is 0 Å². The van der Waals surface area contributed by atoms with Gasteiger partial charge in [0.25, 0.3) is 0 Å². The molecule has 5 heteroatoms. The van der Waals surface area contributed by atoms with Gasteiger partial charge in [-0.15, -0.1) is 11.3 Å². The van der Waals surface area contributed by atoms with Crippen LogP contribution < -0.4 is 0 Å². The van der Waals surface area contributed by atoms with E-state index in [0.29, 0.717) is 11.6 Å². The molecule has 0 saturated carbocycles. The van der Waals surface area contributed by atoms with Crippen molar-refractivity contribution < 1.29 is 5.21 Å². The molecule has 20 heavy (non-hydrogen) atoms. The molecule has 0 aliphatic carbocycles. The minimum absolute atomic E-state index is 0.519. The number of rotatable bonds is 2. The van der Waals surface area contributed by atoms with Crippen LogP contribution in [0.25, 0.3) is 16.8 Å². The maximum Gasteiger partial charge on any atom is 0.125 e. The van der Waals surface area contributed by atoms with E-state index in [0.717, 1.165) is 27.4 Å². The summed E-state index contributed by atoms with van der Waals surface area (Å²) in [5.41, 5.74) is 4.05. The van der Waals surface area contributed by atoms with Crippen LogP contribution in [-0.4, -0.2) is 21.8 Å². The van der Waals surface area contributed by atoms with Gasteiger partial charge < -0.3 is 0 Å². The van der Waals surface area contributed by atoms with E-state index in [1.54, 1.807) is 17.5 Å². The van der Waals surface area contributed by atoms with Crippen LogP contribution in [0.2, 0.25) is 5.02 Å². The van der Waals surface area contributed by atoms with E-state index in [1.165, 1.54) is 5.06 Å². The molecule has 3 nitrogen and oxygen atoms in total. The summed E-state index contributed by atoms with van der Waals surface area (Å²) in [6.45, 7) is 2.55. The van der Waals surface area contributed by atoms with Crippen molar-refractivity contribution in [1.29, 1.82) is 0 Å². The van der Waals surface area contributed by atoms with Crippen LogP contribution in [0.3, 0.4) is 0 Å². The van der Waals surface area contributed by atoms with Gasteiger partial charge in [0.05, 0.1) is 12.2 Å². The predicted molar refractivity (Wildman–Crippen MR) is 82.8 cm³/mol. The highest BCUT2D eigenvalue weighted by Gasteiger charge is 2.14. The number of thiazole rings is 1. The normalized spacial score (nSPS) is 15.1. The maximum absolute atomic E-state index is 9.59. The van der Waals surface area contributed by atoms with Crippen molar-refractivity contribution in [1.82, 2.24) is 10.0 Å². The summed E-state index contributed by atoms with van der Waals surface area (Å²) in [6, 6.07) is 7.63. The first-order valence-electron chi connectivity index (χ1n) is 6.20. The highest BCUT2D eigenvalue weighted by atomic mass is 35.5. The molecule has 1 aliphatic rings.